The predicted molar refractivity (Wildman–Crippen MR) is 119 cm³/mol. The third kappa shape index (κ3) is 2.75. The van der Waals surface area contributed by atoms with Crippen molar-refractivity contribution in [2.45, 2.75) is 90.8 Å². The van der Waals surface area contributed by atoms with E-state index in [4.69, 9.17) is 18.9 Å². The Labute approximate surface area is 200 Å². The highest BCUT2D eigenvalue weighted by molar-refractivity contribution is 5.68. The molecule has 2 heterocycles. The van der Waals surface area contributed by atoms with Crippen LogP contribution in [0.1, 0.15) is 66.7 Å². The van der Waals surface area contributed by atoms with Gasteiger partial charge in [0.15, 0.2) is 6.10 Å². The van der Waals surface area contributed by atoms with Crippen molar-refractivity contribution in [2.75, 3.05) is 6.61 Å². The minimum Gasteiger partial charge on any atom is -0.462 e. The molecule has 9 atom stereocenters. The monoisotopic (exact) mass is 476 g/mol. The fraction of sp³-hybridized carbons (Fsp3) is 0.808. The normalized spacial score (nSPS) is 47.9. The van der Waals surface area contributed by atoms with Crippen LogP contribution in [-0.4, -0.2) is 53.7 Å². The average molecular weight is 477 g/mol. The van der Waals surface area contributed by atoms with Gasteiger partial charge >= 0.3 is 17.9 Å². The molecule has 0 radical (unpaired) electrons. The number of fused-ring (bicyclic) bond motifs is 2. The van der Waals surface area contributed by atoms with Crippen LogP contribution in [0.15, 0.2) is 12.2 Å². The van der Waals surface area contributed by atoms with E-state index in [2.05, 4.69) is 20.4 Å². The molecule has 2 saturated heterocycles. The predicted octanol–water partition coefficient (Wildman–Crippen LogP) is 2.91. The summed E-state index contributed by atoms with van der Waals surface area (Å²) >= 11 is 0. The van der Waals surface area contributed by atoms with E-state index < -0.39 is 46.9 Å². The van der Waals surface area contributed by atoms with Crippen molar-refractivity contribution in [1.82, 2.24) is 0 Å². The Morgan fingerprint density at radius 3 is 2.26 bits per heavy atom. The van der Waals surface area contributed by atoms with Crippen LogP contribution in [0.2, 0.25) is 0 Å². The van der Waals surface area contributed by atoms with Gasteiger partial charge in [-0.2, -0.15) is 0 Å². The molecule has 188 valence electrons. The zero-order valence-corrected chi connectivity index (χ0v) is 20.7. The Hall–Kier alpha value is -1.93. The number of aliphatic hydroxyl groups is 1. The molecule has 2 aliphatic heterocycles. The van der Waals surface area contributed by atoms with Crippen molar-refractivity contribution in [3.8, 4) is 0 Å². The second-order valence-corrected chi connectivity index (χ2v) is 11.9. The Morgan fingerprint density at radius 2 is 1.65 bits per heavy atom. The van der Waals surface area contributed by atoms with E-state index >= 15 is 0 Å². The Morgan fingerprint density at radius 1 is 1.00 bits per heavy atom. The second kappa shape index (κ2) is 7.29. The van der Waals surface area contributed by atoms with E-state index in [9.17, 15) is 19.5 Å². The van der Waals surface area contributed by atoms with Crippen LogP contribution in [-0.2, 0) is 33.3 Å². The lowest BCUT2D eigenvalue weighted by Crippen LogP contribution is -2.84. The second-order valence-electron chi connectivity index (χ2n) is 11.9. The SMILES string of the molecule is C=C1C2CCC3C45COC(O)(C(OC(C)=O)C4C(C)(C)CCC5OC(C)=O)C3(C2)C1OC(C)=O. The lowest BCUT2D eigenvalue weighted by atomic mass is 9.36. The van der Waals surface area contributed by atoms with Gasteiger partial charge in [-0.3, -0.25) is 14.4 Å². The summed E-state index contributed by atoms with van der Waals surface area (Å²) in [5, 5.41) is 12.5. The fourth-order valence-electron chi connectivity index (χ4n) is 9.02. The molecule has 4 saturated carbocycles. The lowest BCUT2D eigenvalue weighted by molar-refractivity contribution is -0.465. The number of carbonyl (C=O) groups is 3. The maximum absolute atomic E-state index is 12.5. The maximum Gasteiger partial charge on any atom is 0.303 e. The molecular formula is C26H36O8. The summed E-state index contributed by atoms with van der Waals surface area (Å²) in [7, 11) is 0. The van der Waals surface area contributed by atoms with E-state index in [1.54, 1.807) is 0 Å². The van der Waals surface area contributed by atoms with E-state index in [1.165, 1.54) is 20.8 Å². The minimum atomic E-state index is -1.86. The van der Waals surface area contributed by atoms with Crippen LogP contribution in [0.3, 0.4) is 0 Å². The first-order valence-corrected chi connectivity index (χ1v) is 12.4. The van der Waals surface area contributed by atoms with E-state index in [0.717, 1.165) is 24.8 Å². The Bertz CT molecular complexity index is 956. The highest BCUT2D eigenvalue weighted by atomic mass is 16.7. The number of rotatable bonds is 3. The van der Waals surface area contributed by atoms with Crippen LogP contribution in [0, 0.1) is 34.0 Å². The summed E-state index contributed by atoms with van der Waals surface area (Å²) in [6, 6.07) is 0. The average Bonchev–Trinajstić information content (AvgIpc) is 2.92. The van der Waals surface area contributed by atoms with Crippen molar-refractivity contribution in [2.24, 2.45) is 34.0 Å². The first-order valence-electron chi connectivity index (χ1n) is 12.4. The third-order valence-electron chi connectivity index (χ3n) is 9.84. The number of hydrogen-bond acceptors (Lipinski definition) is 8. The quantitative estimate of drug-likeness (QED) is 0.376. The molecule has 0 amide bonds. The van der Waals surface area contributed by atoms with Crippen molar-refractivity contribution in [3.63, 3.8) is 0 Å². The van der Waals surface area contributed by atoms with Gasteiger partial charge in [0.25, 0.3) is 0 Å². The van der Waals surface area contributed by atoms with E-state index in [1.807, 2.05) is 0 Å². The molecule has 0 aromatic rings. The summed E-state index contributed by atoms with van der Waals surface area (Å²) in [5.41, 5.74) is -1.29. The van der Waals surface area contributed by atoms with Crippen LogP contribution in [0.25, 0.3) is 0 Å². The molecule has 6 fully saturated rings. The molecule has 0 aromatic heterocycles. The molecule has 2 spiro atoms. The number of esters is 3. The molecule has 6 aliphatic rings. The van der Waals surface area contributed by atoms with Crippen molar-refractivity contribution >= 4 is 17.9 Å². The lowest BCUT2D eigenvalue weighted by Gasteiger charge is -2.75. The Balaban J connectivity index is 1.78. The zero-order chi connectivity index (χ0) is 24.8. The van der Waals surface area contributed by atoms with Gasteiger partial charge in [-0.1, -0.05) is 20.4 Å². The van der Waals surface area contributed by atoms with Gasteiger partial charge in [0.05, 0.1) is 12.0 Å². The highest BCUT2D eigenvalue weighted by Crippen LogP contribution is 2.78. The first kappa shape index (κ1) is 23.8. The number of hydrogen-bond donors (Lipinski definition) is 1. The summed E-state index contributed by atoms with van der Waals surface area (Å²) in [6.45, 7) is 12.8. The number of carbonyl (C=O) groups excluding carboxylic acids is 3. The smallest absolute Gasteiger partial charge is 0.303 e. The van der Waals surface area contributed by atoms with Crippen LogP contribution in [0.5, 0.6) is 0 Å². The minimum absolute atomic E-state index is 0.0594. The molecule has 4 aliphatic carbocycles. The van der Waals surface area contributed by atoms with Gasteiger partial charge in [0, 0.05) is 32.1 Å². The molecule has 34 heavy (non-hydrogen) atoms. The summed E-state index contributed by atoms with van der Waals surface area (Å²) in [6.07, 6.45) is 1.28. The van der Waals surface area contributed by atoms with Gasteiger partial charge in [0.1, 0.15) is 12.2 Å². The molecule has 1 N–H and O–H groups in total. The molecule has 8 nitrogen and oxygen atoms in total. The standard InChI is InChI=1S/C26H36O8/c1-13-17-7-8-18-24-12-31-26(30,25(18,11-17)21(13)33-15(3)28)22(34-16(4)29)20(24)23(5,6)10-9-19(24)32-14(2)27/h17-22,30H,1,7-12H2,2-6H3. The largest absolute Gasteiger partial charge is 0.462 e. The number of ether oxygens (including phenoxy) is 4. The topological polar surface area (TPSA) is 108 Å². The maximum atomic E-state index is 12.5. The summed E-state index contributed by atoms with van der Waals surface area (Å²) < 4.78 is 24.2. The fourth-order valence-corrected chi connectivity index (χ4v) is 9.02. The van der Waals surface area contributed by atoms with Gasteiger partial charge in [-0.15, -0.1) is 0 Å². The molecule has 0 aromatic carbocycles. The Kier molecular flexibility index (Phi) is 5.10. The highest BCUT2D eigenvalue weighted by Gasteiger charge is 2.86. The van der Waals surface area contributed by atoms with Crippen LogP contribution in [0.4, 0.5) is 0 Å². The van der Waals surface area contributed by atoms with Gasteiger partial charge < -0.3 is 24.1 Å². The van der Waals surface area contributed by atoms with Crippen LogP contribution < -0.4 is 0 Å². The molecule has 6 rings (SSSR count). The molecular weight excluding hydrogens is 440 g/mol. The van der Waals surface area contributed by atoms with Crippen molar-refractivity contribution in [1.29, 1.82) is 0 Å². The summed E-state index contributed by atoms with van der Waals surface area (Å²) in [5.74, 6) is -3.62. The van der Waals surface area contributed by atoms with E-state index in [-0.39, 0.29) is 35.7 Å². The zero-order valence-electron chi connectivity index (χ0n) is 20.7. The van der Waals surface area contributed by atoms with Crippen molar-refractivity contribution in [3.05, 3.63) is 12.2 Å². The van der Waals surface area contributed by atoms with E-state index in [0.29, 0.717) is 12.8 Å². The van der Waals surface area contributed by atoms with Gasteiger partial charge in [-0.05, 0) is 54.9 Å². The summed E-state index contributed by atoms with van der Waals surface area (Å²) in [4.78, 5) is 36.9. The van der Waals surface area contributed by atoms with Crippen molar-refractivity contribution < 1.29 is 38.4 Å². The van der Waals surface area contributed by atoms with Gasteiger partial charge in [0.2, 0.25) is 5.79 Å². The molecule has 9 unspecified atom stereocenters. The molecule has 8 heteroatoms. The first-order chi connectivity index (χ1) is 15.8. The molecule has 4 bridgehead atoms. The third-order valence-corrected chi connectivity index (χ3v) is 9.84. The van der Waals surface area contributed by atoms with Gasteiger partial charge in [-0.25, -0.2) is 0 Å². The van der Waals surface area contributed by atoms with Crippen LogP contribution >= 0.6 is 0 Å².